The third kappa shape index (κ3) is 6.15. The van der Waals surface area contributed by atoms with Crippen molar-refractivity contribution in [3.05, 3.63) is 29.8 Å². The normalized spacial score (nSPS) is 24.0. The van der Waals surface area contributed by atoms with Crippen molar-refractivity contribution in [1.82, 2.24) is 0 Å². The highest BCUT2D eigenvalue weighted by atomic mass is 16.5. The number of aliphatic hydroxyl groups is 1. The van der Waals surface area contributed by atoms with E-state index < -0.39 is 5.54 Å². The van der Waals surface area contributed by atoms with Gasteiger partial charge in [0.05, 0.1) is 6.61 Å². The van der Waals surface area contributed by atoms with Gasteiger partial charge in [0.25, 0.3) is 0 Å². The van der Waals surface area contributed by atoms with Crippen LogP contribution in [0, 0.1) is 0 Å². The second kappa shape index (κ2) is 9.29. The highest BCUT2D eigenvalue weighted by Gasteiger charge is 2.36. The number of unbranched alkanes of at least 4 members (excludes halogenated alkanes) is 5. The van der Waals surface area contributed by atoms with Gasteiger partial charge in [0.1, 0.15) is 11.9 Å². The fourth-order valence-electron chi connectivity index (χ4n) is 3.39. The Morgan fingerprint density at radius 3 is 2.48 bits per heavy atom. The van der Waals surface area contributed by atoms with E-state index in [9.17, 15) is 5.11 Å². The van der Waals surface area contributed by atoms with Crippen molar-refractivity contribution in [3.8, 4) is 5.75 Å². The van der Waals surface area contributed by atoms with Gasteiger partial charge in [-0.15, -0.1) is 0 Å². The summed E-state index contributed by atoms with van der Waals surface area (Å²) in [6.07, 6.45) is 11.8. The van der Waals surface area contributed by atoms with E-state index in [2.05, 4.69) is 31.2 Å². The molecule has 0 amide bonds. The van der Waals surface area contributed by atoms with E-state index in [0.29, 0.717) is 0 Å². The molecule has 3 heteroatoms. The van der Waals surface area contributed by atoms with E-state index in [1.165, 1.54) is 44.1 Å². The standard InChI is InChI=1S/C20H33NO2/c1-2-3-4-5-6-7-8-17-9-11-18(12-10-17)23-19-13-14-20(21,15-19)16-22/h9-12,19,22H,2-8,13-16,21H2,1H3. The molecule has 2 unspecified atom stereocenters. The number of benzene rings is 1. The molecule has 3 N–H and O–H groups in total. The Balaban J connectivity index is 1.68. The van der Waals surface area contributed by atoms with Gasteiger partial charge in [-0.3, -0.25) is 0 Å². The van der Waals surface area contributed by atoms with Crippen LogP contribution in [0.4, 0.5) is 0 Å². The molecule has 3 nitrogen and oxygen atoms in total. The summed E-state index contributed by atoms with van der Waals surface area (Å²) < 4.78 is 6.01. The molecule has 0 radical (unpaired) electrons. The molecule has 1 fully saturated rings. The second-order valence-corrected chi connectivity index (χ2v) is 7.16. The van der Waals surface area contributed by atoms with E-state index in [-0.39, 0.29) is 12.7 Å². The summed E-state index contributed by atoms with van der Waals surface area (Å²) in [5.41, 5.74) is 7.04. The quantitative estimate of drug-likeness (QED) is 0.635. The Bertz CT molecular complexity index is 445. The van der Waals surface area contributed by atoms with Gasteiger partial charge < -0.3 is 15.6 Å². The number of aliphatic hydroxyl groups excluding tert-OH is 1. The summed E-state index contributed by atoms with van der Waals surface area (Å²) in [7, 11) is 0. The van der Waals surface area contributed by atoms with Crippen LogP contribution in [-0.4, -0.2) is 23.4 Å². The molecule has 1 aromatic carbocycles. The largest absolute Gasteiger partial charge is 0.490 e. The maximum Gasteiger partial charge on any atom is 0.119 e. The van der Waals surface area contributed by atoms with Crippen molar-refractivity contribution in [3.63, 3.8) is 0 Å². The predicted molar refractivity (Wildman–Crippen MR) is 95.8 cm³/mol. The molecule has 2 rings (SSSR count). The van der Waals surface area contributed by atoms with E-state index in [0.717, 1.165) is 31.4 Å². The van der Waals surface area contributed by atoms with Crippen LogP contribution in [0.25, 0.3) is 0 Å². The Morgan fingerprint density at radius 1 is 1.13 bits per heavy atom. The average Bonchev–Trinajstić information content (AvgIpc) is 2.94. The van der Waals surface area contributed by atoms with E-state index in [1.807, 2.05) is 0 Å². The van der Waals surface area contributed by atoms with Gasteiger partial charge in [0, 0.05) is 12.0 Å². The van der Waals surface area contributed by atoms with Crippen LogP contribution in [-0.2, 0) is 6.42 Å². The molecule has 0 aromatic heterocycles. The molecule has 1 saturated carbocycles. The molecule has 1 aliphatic rings. The van der Waals surface area contributed by atoms with Crippen molar-refractivity contribution in [1.29, 1.82) is 0 Å². The lowest BCUT2D eigenvalue weighted by molar-refractivity contribution is 0.165. The first kappa shape index (κ1) is 18.3. The predicted octanol–water partition coefficient (Wildman–Crippen LogP) is 4.21. The zero-order valence-corrected chi connectivity index (χ0v) is 14.6. The van der Waals surface area contributed by atoms with Crippen LogP contribution in [0.15, 0.2) is 24.3 Å². The van der Waals surface area contributed by atoms with Crippen molar-refractivity contribution < 1.29 is 9.84 Å². The minimum absolute atomic E-state index is 0.0457. The van der Waals surface area contributed by atoms with Gasteiger partial charge in [0.15, 0.2) is 0 Å². The summed E-state index contributed by atoms with van der Waals surface area (Å²) in [5, 5.41) is 9.32. The minimum Gasteiger partial charge on any atom is -0.490 e. The lowest BCUT2D eigenvalue weighted by Gasteiger charge is -2.21. The molecule has 130 valence electrons. The topological polar surface area (TPSA) is 55.5 Å². The molecule has 1 aromatic rings. The monoisotopic (exact) mass is 319 g/mol. The summed E-state index contributed by atoms with van der Waals surface area (Å²) in [4.78, 5) is 0. The summed E-state index contributed by atoms with van der Waals surface area (Å²) >= 11 is 0. The molecule has 1 aliphatic carbocycles. The zero-order valence-electron chi connectivity index (χ0n) is 14.6. The Kier molecular flexibility index (Phi) is 7.38. The molecule has 0 saturated heterocycles. The lowest BCUT2D eigenvalue weighted by Crippen LogP contribution is -2.41. The molecule has 0 spiro atoms. The fourth-order valence-corrected chi connectivity index (χ4v) is 3.39. The fraction of sp³-hybridized carbons (Fsp3) is 0.700. The van der Waals surface area contributed by atoms with Crippen LogP contribution in [0.1, 0.15) is 70.3 Å². The smallest absolute Gasteiger partial charge is 0.119 e. The van der Waals surface area contributed by atoms with Crippen molar-refractivity contribution in [2.45, 2.75) is 82.8 Å². The van der Waals surface area contributed by atoms with Crippen molar-refractivity contribution in [2.75, 3.05) is 6.61 Å². The van der Waals surface area contributed by atoms with Crippen LogP contribution >= 0.6 is 0 Å². The molecular weight excluding hydrogens is 286 g/mol. The summed E-state index contributed by atoms with van der Waals surface area (Å²) in [5.74, 6) is 0.920. The molecular formula is C20H33NO2. The van der Waals surface area contributed by atoms with Gasteiger partial charge in [-0.05, 0) is 43.4 Å². The summed E-state index contributed by atoms with van der Waals surface area (Å²) in [6.45, 7) is 2.30. The Hall–Kier alpha value is -1.06. The van der Waals surface area contributed by atoms with Gasteiger partial charge in [-0.1, -0.05) is 51.2 Å². The molecule has 23 heavy (non-hydrogen) atoms. The lowest BCUT2D eigenvalue weighted by atomic mass is 10.0. The number of aryl methyl sites for hydroxylation is 1. The minimum atomic E-state index is -0.442. The van der Waals surface area contributed by atoms with E-state index in [4.69, 9.17) is 10.5 Å². The first-order valence-electron chi connectivity index (χ1n) is 9.30. The average molecular weight is 319 g/mol. The highest BCUT2D eigenvalue weighted by molar-refractivity contribution is 5.27. The number of ether oxygens (including phenoxy) is 1. The van der Waals surface area contributed by atoms with Crippen molar-refractivity contribution in [2.24, 2.45) is 5.73 Å². The number of hydrogen-bond acceptors (Lipinski definition) is 3. The Morgan fingerprint density at radius 2 is 1.83 bits per heavy atom. The maximum absolute atomic E-state index is 9.32. The first-order chi connectivity index (χ1) is 11.1. The van der Waals surface area contributed by atoms with Gasteiger partial charge >= 0.3 is 0 Å². The molecule has 0 aliphatic heterocycles. The van der Waals surface area contributed by atoms with E-state index >= 15 is 0 Å². The zero-order chi connectivity index (χ0) is 16.5. The van der Waals surface area contributed by atoms with Gasteiger partial charge in [-0.25, -0.2) is 0 Å². The van der Waals surface area contributed by atoms with Crippen LogP contribution in [0.2, 0.25) is 0 Å². The highest BCUT2D eigenvalue weighted by Crippen LogP contribution is 2.30. The number of hydrogen-bond donors (Lipinski definition) is 2. The molecule has 0 bridgehead atoms. The number of rotatable bonds is 10. The SMILES string of the molecule is CCCCCCCCc1ccc(OC2CCC(N)(CO)C2)cc1. The van der Waals surface area contributed by atoms with Gasteiger partial charge in [-0.2, -0.15) is 0 Å². The number of nitrogens with two attached hydrogens (primary N) is 1. The Labute approximate surface area is 141 Å². The van der Waals surface area contributed by atoms with Crippen LogP contribution < -0.4 is 10.5 Å². The van der Waals surface area contributed by atoms with Gasteiger partial charge in [0.2, 0.25) is 0 Å². The third-order valence-corrected chi connectivity index (χ3v) is 4.96. The second-order valence-electron chi connectivity index (χ2n) is 7.16. The van der Waals surface area contributed by atoms with Crippen LogP contribution in [0.3, 0.4) is 0 Å². The maximum atomic E-state index is 9.32. The first-order valence-corrected chi connectivity index (χ1v) is 9.30. The molecule has 0 heterocycles. The van der Waals surface area contributed by atoms with E-state index in [1.54, 1.807) is 0 Å². The van der Waals surface area contributed by atoms with Crippen LogP contribution in [0.5, 0.6) is 5.75 Å². The third-order valence-electron chi connectivity index (χ3n) is 4.96. The molecule has 2 atom stereocenters. The van der Waals surface area contributed by atoms with Crippen molar-refractivity contribution >= 4 is 0 Å². The summed E-state index contributed by atoms with van der Waals surface area (Å²) in [6, 6.07) is 8.50.